The van der Waals surface area contributed by atoms with E-state index < -0.39 is 62.9 Å². The lowest BCUT2D eigenvalue weighted by molar-refractivity contribution is -0.940. The van der Waals surface area contributed by atoms with Crippen molar-refractivity contribution in [3.63, 3.8) is 0 Å². The number of halogens is 6. The number of alkyl halides is 6. The van der Waals surface area contributed by atoms with E-state index in [-0.39, 0.29) is 56.8 Å². The molecule has 8 rings (SSSR count). The van der Waals surface area contributed by atoms with E-state index >= 15 is 26.3 Å². The van der Waals surface area contributed by atoms with Gasteiger partial charge in [0.25, 0.3) is 0 Å². The normalized spacial score (nSPS) is 17.8. The zero-order valence-electron chi connectivity index (χ0n) is 55.1. The van der Waals surface area contributed by atoms with Crippen LogP contribution in [0.2, 0.25) is 0 Å². The molecule has 6 aromatic rings. The monoisotopic (exact) mass is 1380 g/mol. The van der Waals surface area contributed by atoms with Crippen LogP contribution < -0.4 is 37.9 Å². The number of carbonyl (C=O) groups is 2. The number of benzene rings is 6. The highest BCUT2D eigenvalue weighted by molar-refractivity contribution is 7.86. The molecule has 0 aromatic heterocycles. The van der Waals surface area contributed by atoms with Gasteiger partial charge in [-0.3, -0.25) is 9.59 Å². The van der Waals surface area contributed by atoms with Crippen LogP contribution in [0.3, 0.4) is 0 Å². The Morgan fingerprint density at radius 2 is 0.758 bits per heavy atom. The van der Waals surface area contributed by atoms with E-state index in [0.717, 1.165) is 47.5 Å². The second-order valence-electron chi connectivity index (χ2n) is 23.5. The number of likely N-dealkylation sites (N-methyl/N-ethyl adjacent to an activating group) is 2. The first-order valence-corrected chi connectivity index (χ1v) is 32.6. The van der Waals surface area contributed by atoms with Crippen LogP contribution in [0.15, 0.2) is 131 Å². The van der Waals surface area contributed by atoms with Gasteiger partial charge in [0.2, 0.25) is 11.8 Å². The molecule has 2 amide bonds. The SMILES string of the molecule is COc1ccc(CC2c3cc(OC)c(OC)cc3CC[N+]2(C)CCC(=O)N(C)CC(F)(F)C(F)(F)C(F)(F)CN(C)C(=O)CC[N+]2(C)CCc3cc(OC)c(OC)cc3C2Cc2ccc(OC)c(OC)c2)cc1OC.O=S(=O)([O-])c1ccccc1.O=S(=O)([O-])c1ccccc1. The van der Waals surface area contributed by atoms with Crippen LogP contribution in [-0.2, 0) is 55.5 Å². The van der Waals surface area contributed by atoms with Crippen molar-refractivity contribution < 1.29 is 109 Å². The standard InChI is InChI=1S/C55H72F6N4O10.2C6H6O3S/c1-62(51(66)19-23-64(3)21-17-37-29-47(72-9)49(74-11)31-39(37)41(64)25-35-13-15-43(68-5)45(27-35)70-7)33-53(56,57)55(60,61)54(58,59)34-63(2)52(67)20-24-65(4)22-18-38-30-48(73-10)50(75-12)32-40(38)42(65)26-36-14-16-44(69-6)46(28-36)71-8;2*7-10(8,9)6-4-2-1-3-5-6/h13-16,27-32,41-42H,17-26,33-34H2,1-12H3;2*1-5H,(H,7,8,9)/q+2;;/p-2. The summed E-state index contributed by atoms with van der Waals surface area (Å²) in [6.45, 7) is -2.82. The second-order valence-corrected chi connectivity index (χ2v) is 26.3. The summed E-state index contributed by atoms with van der Waals surface area (Å²) in [5.74, 6) is -14.6. The van der Waals surface area contributed by atoms with Crippen molar-refractivity contribution in [2.45, 2.75) is 78.2 Å². The molecule has 28 heteroatoms. The minimum atomic E-state index is -5.97. The Morgan fingerprint density at radius 3 is 1.04 bits per heavy atom. The Balaban J connectivity index is 0.000000605. The van der Waals surface area contributed by atoms with E-state index in [9.17, 15) is 35.5 Å². The molecule has 0 spiro atoms. The summed E-state index contributed by atoms with van der Waals surface area (Å²) < 4.78 is 201. The lowest BCUT2D eigenvalue weighted by atomic mass is 9.86. The molecule has 6 aromatic carbocycles. The zero-order valence-corrected chi connectivity index (χ0v) is 56.7. The molecule has 0 saturated heterocycles. The molecule has 2 heterocycles. The molecule has 0 N–H and O–H groups in total. The van der Waals surface area contributed by atoms with Crippen LogP contribution in [0.5, 0.6) is 46.0 Å². The summed E-state index contributed by atoms with van der Waals surface area (Å²) in [4.78, 5) is 27.6. The maximum atomic E-state index is 15.7. The average molecular weight is 1380 g/mol. The molecule has 20 nitrogen and oxygen atoms in total. The number of methoxy groups -OCH3 is 8. The second kappa shape index (κ2) is 31.7. The summed E-state index contributed by atoms with van der Waals surface area (Å²) in [6.07, 6.45) is 1.22. The average Bonchev–Trinajstić information content (AvgIpc) is 0.771. The van der Waals surface area contributed by atoms with Gasteiger partial charge in [0.15, 0.2) is 46.0 Å². The van der Waals surface area contributed by atoms with Crippen molar-refractivity contribution in [3.8, 4) is 46.0 Å². The number of carbonyl (C=O) groups excluding carboxylic acids is 2. The lowest BCUT2D eigenvalue weighted by Crippen LogP contribution is -2.62. The van der Waals surface area contributed by atoms with Gasteiger partial charge in [-0.1, -0.05) is 48.5 Å². The van der Waals surface area contributed by atoms with Crippen LogP contribution in [0.4, 0.5) is 26.3 Å². The van der Waals surface area contributed by atoms with Crippen LogP contribution in [-0.4, -0.2) is 199 Å². The Labute approximate surface area is 551 Å². The van der Waals surface area contributed by atoms with Crippen molar-refractivity contribution in [1.29, 1.82) is 0 Å². The number of hydrogen-bond donors (Lipinski definition) is 0. The molecule has 0 fully saturated rings. The number of amides is 2. The van der Waals surface area contributed by atoms with Crippen molar-refractivity contribution in [1.82, 2.24) is 9.80 Å². The van der Waals surface area contributed by atoms with Gasteiger partial charge < -0.3 is 65.8 Å². The fourth-order valence-corrected chi connectivity index (χ4v) is 12.8. The summed E-state index contributed by atoms with van der Waals surface area (Å²) in [7, 11) is 9.28. The minimum Gasteiger partial charge on any atom is -0.744 e. The first-order valence-electron chi connectivity index (χ1n) is 29.8. The van der Waals surface area contributed by atoms with Crippen LogP contribution in [0.1, 0.15) is 58.3 Å². The number of nitrogens with zero attached hydrogens (tertiary/aromatic N) is 4. The number of quaternary nitrogens is 2. The molecule has 0 saturated carbocycles. The summed E-state index contributed by atoms with van der Waals surface area (Å²) in [6, 6.07) is 32.3. The van der Waals surface area contributed by atoms with Gasteiger partial charge in [-0.25, -0.2) is 16.8 Å². The Hall–Kier alpha value is -8.02. The third-order valence-corrected chi connectivity index (χ3v) is 19.1. The number of hydrogen-bond acceptors (Lipinski definition) is 16. The van der Waals surface area contributed by atoms with Crippen molar-refractivity contribution in [2.75, 3.05) is 124 Å². The molecule has 0 aliphatic carbocycles. The summed E-state index contributed by atoms with van der Waals surface area (Å²) in [5.41, 5.74) is 5.50. The highest BCUT2D eigenvalue weighted by Crippen LogP contribution is 2.48. The highest BCUT2D eigenvalue weighted by atomic mass is 32.2. The highest BCUT2D eigenvalue weighted by Gasteiger charge is 2.72. The zero-order chi connectivity index (χ0) is 70.5. The molecule has 2 aliphatic heterocycles. The molecule has 0 radical (unpaired) electrons. The molecular formula is C67H82F6N4O16S2. The Bertz CT molecular complexity index is 3600. The Kier molecular flexibility index (Phi) is 25.4. The van der Waals surface area contributed by atoms with Crippen molar-refractivity contribution >= 4 is 32.1 Å². The number of rotatable bonds is 26. The van der Waals surface area contributed by atoms with Gasteiger partial charge >= 0.3 is 17.8 Å². The lowest BCUT2D eigenvalue weighted by Gasteiger charge is -2.46. The van der Waals surface area contributed by atoms with E-state index in [2.05, 4.69) is 0 Å². The summed E-state index contributed by atoms with van der Waals surface area (Å²) in [5, 5.41) is 0. The predicted octanol–water partition coefficient (Wildman–Crippen LogP) is 9.81. The summed E-state index contributed by atoms with van der Waals surface area (Å²) >= 11 is 0. The maximum absolute atomic E-state index is 15.7. The molecule has 4 unspecified atom stereocenters. The third-order valence-electron chi connectivity index (χ3n) is 17.4. The fourth-order valence-electron chi connectivity index (χ4n) is 11.8. The van der Waals surface area contributed by atoms with E-state index in [1.54, 1.807) is 24.3 Å². The van der Waals surface area contributed by atoms with Crippen molar-refractivity contribution in [3.05, 3.63) is 155 Å². The fraction of sp³-hybridized carbons (Fsp3) is 0.433. The van der Waals surface area contributed by atoms with Gasteiger partial charge in [-0.05, 0) is 95.1 Å². The molecule has 95 heavy (non-hydrogen) atoms. The molecular weight excluding hydrogens is 1290 g/mol. The number of fused-ring (bicyclic) bond motifs is 2. The van der Waals surface area contributed by atoms with Crippen LogP contribution in [0, 0.1) is 0 Å². The first kappa shape index (κ1) is 76.0. The molecule has 4 atom stereocenters. The molecule has 0 bridgehead atoms. The van der Waals surface area contributed by atoms with Gasteiger partial charge in [0.1, 0.15) is 32.3 Å². The largest absolute Gasteiger partial charge is 0.744 e. The van der Waals surface area contributed by atoms with E-state index in [0.29, 0.717) is 94.6 Å². The van der Waals surface area contributed by atoms with Gasteiger partial charge in [0.05, 0.1) is 133 Å². The third kappa shape index (κ3) is 18.3. The van der Waals surface area contributed by atoms with Crippen LogP contribution in [0.25, 0.3) is 0 Å². The van der Waals surface area contributed by atoms with Crippen LogP contribution >= 0.6 is 0 Å². The van der Waals surface area contributed by atoms with Crippen molar-refractivity contribution in [2.24, 2.45) is 0 Å². The van der Waals surface area contributed by atoms with E-state index in [1.165, 1.54) is 105 Å². The Morgan fingerprint density at radius 1 is 0.463 bits per heavy atom. The van der Waals surface area contributed by atoms with Gasteiger partial charge in [0, 0.05) is 50.9 Å². The number of ether oxygens (including phenoxy) is 8. The topological polar surface area (TPSA) is 229 Å². The predicted molar refractivity (Wildman–Crippen MR) is 338 cm³/mol. The molecule has 2 aliphatic rings. The van der Waals surface area contributed by atoms with Gasteiger partial charge in [-0.2, -0.15) is 26.3 Å². The minimum absolute atomic E-state index is 0.0874. The smallest absolute Gasteiger partial charge is 0.375 e. The van der Waals surface area contributed by atoms with Gasteiger partial charge in [-0.15, -0.1) is 0 Å². The maximum Gasteiger partial charge on any atom is 0.375 e. The van der Waals surface area contributed by atoms with E-state index in [4.69, 9.17) is 37.9 Å². The quantitative estimate of drug-likeness (QED) is 0.0279. The molecule has 520 valence electrons. The van der Waals surface area contributed by atoms with E-state index in [1.807, 2.05) is 62.6 Å². The first-order chi connectivity index (χ1) is 44.6.